The molecule has 2 N–H and O–H groups in total. The maximum atomic E-state index is 11.4. The Bertz CT molecular complexity index is 402. The summed E-state index contributed by atoms with van der Waals surface area (Å²) in [5, 5.41) is 12.4. The van der Waals surface area contributed by atoms with Crippen molar-refractivity contribution in [1.82, 2.24) is 5.32 Å². The first kappa shape index (κ1) is 11.6. The summed E-state index contributed by atoms with van der Waals surface area (Å²) < 4.78 is 6.14. The molecule has 1 heterocycles. The average molecular weight is 286 g/mol. The monoisotopic (exact) mass is 285 g/mol. The van der Waals surface area contributed by atoms with E-state index in [4.69, 9.17) is 4.74 Å². The fourth-order valence-electron chi connectivity index (χ4n) is 1.81. The number of nitrogens with one attached hydrogen (secondary N) is 1. The Morgan fingerprint density at radius 3 is 2.94 bits per heavy atom. The maximum absolute atomic E-state index is 11.4. The van der Waals surface area contributed by atoms with Crippen molar-refractivity contribution in [1.29, 1.82) is 0 Å². The molecule has 86 valence electrons. The van der Waals surface area contributed by atoms with Gasteiger partial charge in [0, 0.05) is 11.0 Å². The van der Waals surface area contributed by atoms with E-state index in [9.17, 15) is 9.90 Å². The Morgan fingerprint density at radius 1 is 1.56 bits per heavy atom. The van der Waals surface area contributed by atoms with E-state index in [-0.39, 0.29) is 6.61 Å². The topological polar surface area (TPSA) is 58.6 Å². The Hall–Kier alpha value is -0.910. The molecule has 0 amide bonds. The van der Waals surface area contributed by atoms with Gasteiger partial charge >= 0.3 is 5.97 Å². The molecular weight excluding hydrogens is 274 g/mol. The fourth-order valence-corrected chi connectivity index (χ4v) is 2.21. The van der Waals surface area contributed by atoms with Crippen LogP contribution in [0.3, 0.4) is 0 Å². The standard InChI is InChI=1S/C11H12BrNO3/c12-9-3-1-2-8(6-9)11(10(14)15)7-16-5-4-13-11/h1-3,6,13H,4-5,7H2,(H,14,15). The van der Waals surface area contributed by atoms with Crippen molar-refractivity contribution in [3.05, 3.63) is 34.3 Å². The predicted octanol–water partition coefficient (Wildman–Crippen LogP) is 1.35. The molecule has 1 unspecified atom stereocenters. The highest BCUT2D eigenvalue weighted by molar-refractivity contribution is 9.10. The third kappa shape index (κ3) is 1.98. The number of carbonyl (C=O) groups is 1. The van der Waals surface area contributed by atoms with Crippen LogP contribution in [0, 0.1) is 0 Å². The third-order valence-corrected chi connectivity index (χ3v) is 3.17. The molecule has 1 saturated heterocycles. The lowest BCUT2D eigenvalue weighted by atomic mass is 9.90. The van der Waals surface area contributed by atoms with Crippen LogP contribution in [0.4, 0.5) is 0 Å². The summed E-state index contributed by atoms with van der Waals surface area (Å²) in [5.41, 5.74) is -0.420. The summed E-state index contributed by atoms with van der Waals surface area (Å²) in [6.07, 6.45) is 0. The van der Waals surface area contributed by atoms with Gasteiger partial charge in [-0.2, -0.15) is 0 Å². The lowest BCUT2D eigenvalue weighted by Crippen LogP contribution is -2.56. The van der Waals surface area contributed by atoms with E-state index in [0.717, 1.165) is 4.47 Å². The second kappa shape index (κ2) is 4.53. The zero-order chi connectivity index (χ0) is 11.6. The van der Waals surface area contributed by atoms with Crippen LogP contribution >= 0.6 is 15.9 Å². The molecule has 5 heteroatoms. The molecule has 0 radical (unpaired) electrons. The van der Waals surface area contributed by atoms with E-state index >= 15 is 0 Å². The number of ether oxygens (including phenoxy) is 1. The Morgan fingerprint density at radius 2 is 2.38 bits per heavy atom. The number of hydrogen-bond acceptors (Lipinski definition) is 3. The molecular formula is C11H12BrNO3. The SMILES string of the molecule is O=C(O)C1(c2cccc(Br)c2)COCCN1. The van der Waals surface area contributed by atoms with Crippen LogP contribution in [-0.4, -0.2) is 30.8 Å². The lowest BCUT2D eigenvalue weighted by molar-refractivity contribution is -0.151. The molecule has 0 aromatic heterocycles. The molecule has 1 aliphatic heterocycles. The molecule has 0 spiro atoms. The van der Waals surface area contributed by atoms with Crippen molar-refractivity contribution in [2.75, 3.05) is 19.8 Å². The second-order valence-electron chi connectivity index (χ2n) is 3.70. The molecule has 1 aliphatic rings. The largest absolute Gasteiger partial charge is 0.480 e. The number of aliphatic carboxylic acids is 1. The van der Waals surface area contributed by atoms with Crippen LogP contribution in [0.1, 0.15) is 5.56 Å². The zero-order valence-electron chi connectivity index (χ0n) is 8.57. The van der Waals surface area contributed by atoms with Gasteiger partial charge in [-0.3, -0.25) is 5.32 Å². The number of carboxylic acid groups (broad SMARTS) is 1. The van der Waals surface area contributed by atoms with Gasteiger partial charge in [-0.1, -0.05) is 28.1 Å². The second-order valence-corrected chi connectivity index (χ2v) is 4.62. The van der Waals surface area contributed by atoms with Gasteiger partial charge in [0.05, 0.1) is 13.2 Å². The van der Waals surface area contributed by atoms with E-state index in [1.54, 1.807) is 12.1 Å². The minimum absolute atomic E-state index is 0.152. The first-order chi connectivity index (χ1) is 7.65. The van der Waals surface area contributed by atoms with Gasteiger partial charge in [0.1, 0.15) is 0 Å². The lowest BCUT2D eigenvalue weighted by Gasteiger charge is -2.34. The van der Waals surface area contributed by atoms with E-state index in [0.29, 0.717) is 18.7 Å². The summed E-state index contributed by atoms with van der Waals surface area (Å²) in [4.78, 5) is 11.4. The molecule has 1 aromatic carbocycles. The highest BCUT2D eigenvalue weighted by Crippen LogP contribution is 2.26. The summed E-state index contributed by atoms with van der Waals surface area (Å²) >= 11 is 3.34. The molecule has 0 aliphatic carbocycles. The van der Waals surface area contributed by atoms with Crippen LogP contribution < -0.4 is 5.32 Å². The normalized spacial score (nSPS) is 25.3. The molecule has 4 nitrogen and oxygen atoms in total. The third-order valence-electron chi connectivity index (χ3n) is 2.67. The first-order valence-electron chi connectivity index (χ1n) is 4.97. The molecule has 0 saturated carbocycles. The Labute approximate surface area is 102 Å². The molecule has 1 atom stereocenters. The van der Waals surface area contributed by atoms with E-state index in [1.807, 2.05) is 12.1 Å². The summed E-state index contributed by atoms with van der Waals surface area (Å²) in [6.45, 7) is 1.24. The van der Waals surface area contributed by atoms with Crippen molar-refractivity contribution in [3.8, 4) is 0 Å². The zero-order valence-corrected chi connectivity index (χ0v) is 10.2. The number of halogens is 1. The van der Waals surface area contributed by atoms with Gasteiger partial charge in [0.15, 0.2) is 5.54 Å². The van der Waals surface area contributed by atoms with Crippen LogP contribution in [0.25, 0.3) is 0 Å². The highest BCUT2D eigenvalue weighted by Gasteiger charge is 2.42. The van der Waals surface area contributed by atoms with E-state index < -0.39 is 11.5 Å². The quantitative estimate of drug-likeness (QED) is 0.861. The molecule has 0 bridgehead atoms. The van der Waals surface area contributed by atoms with Gasteiger partial charge in [-0.25, -0.2) is 4.79 Å². The van der Waals surface area contributed by atoms with Crippen molar-refractivity contribution < 1.29 is 14.6 Å². The van der Waals surface area contributed by atoms with Crippen molar-refractivity contribution in [2.45, 2.75) is 5.54 Å². The Kier molecular flexibility index (Phi) is 3.28. The molecule has 1 aromatic rings. The molecule has 1 fully saturated rings. The van der Waals surface area contributed by atoms with Gasteiger partial charge < -0.3 is 9.84 Å². The van der Waals surface area contributed by atoms with Crippen molar-refractivity contribution in [2.24, 2.45) is 0 Å². The predicted molar refractivity (Wildman–Crippen MR) is 62.3 cm³/mol. The maximum Gasteiger partial charge on any atom is 0.331 e. The number of benzene rings is 1. The van der Waals surface area contributed by atoms with Crippen molar-refractivity contribution in [3.63, 3.8) is 0 Å². The van der Waals surface area contributed by atoms with Gasteiger partial charge in [0.25, 0.3) is 0 Å². The van der Waals surface area contributed by atoms with Crippen LogP contribution in [-0.2, 0) is 15.1 Å². The minimum Gasteiger partial charge on any atom is -0.480 e. The fraction of sp³-hybridized carbons (Fsp3) is 0.364. The van der Waals surface area contributed by atoms with Gasteiger partial charge in [-0.05, 0) is 17.7 Å². The number of rotatable bonds is 2. The summed E-state index contributed by atoms with van der Waals surface area (Å²) in [6, 6.07) is 7.28. The summed E-state index contributed by atoms with van der Waals surface area (Å²) in [7, 11) is 0. The Balaban J connectivity index is 2.42. The number of carboxylic acids is 1. The average Bonchev–Trinajstić information content (AvgIpc) is 2.30. The molecule has 2 rings (SSSR count). The van der Waals surface area contributed by atoms with Crippen LogP contribution in [0.5, 0.6) is 0 Å². The van der Waals surface area contributed by atoms with Crippen LogP contribution in [0.2, 0.25) is 0 Å². The molecule has 16 heavy (non-hydrogen) atoms. The minimum atomic E-state index is -1.12. The number of morpholine rings is 1. The summed E-state index contributed by atoms with van der Waals surface area (Å²) in [5.74, 6) is -0.912. The number of hydrogen-bond donors (Lipinski definition) is 2. The van der Waals surface area contributed by atoms with E-state index in [1.165, 1.54) is 0 Å². The smallest absolute Gasteiger partial charge is 0.331 e. The first-order valence-corrected chi connectivity index (χ1v) is 5.77. The van der Waals surface area contributed by atoms with Gasteiger partial charge in [0.2, 0.25) is 0 Å². The van der Waals surface area contributed by atoms with Gasteiger partial charge in [-0.15, -0.1) is 0 Å². The highest BCUT2D eigenvalue weighted by atomic mass is 79.9. The van der Waals surface area contributed by atoms with E-state index in [2.05, 4.69) is 21.2 Å². The van der Waals surface area contributed by atoms with Crippen molar-refractivity contribution >= 4 is 21.9 Å². The van der Waals surface area contributed by atoms with Crippen LogP contribution in [0.15, 0.2) is 28.7 Å².